The average Bonchev–Trinajstić information content (AvgIpc) is 3.20. The first kappa shape index (κ1) is 19.9. The molecule has 2 unspecified atom stereocenters. The largest absolute Gasteiger partial charge is 0.346 e. The quantitative estimate of drug-likeness (QED) is 0.848. The molecule has 5 nitrogen and oxygen atoms in total. The summed E-state index contributed by atoms with van der Waals surface area (Å²) < 4.78 is 2.01. The molecule has 0 saturated carbocycles. The van der Waals surface area contributed by atoms with Gasteiger partial charge in [0.2, 0.25) is 0 Å². The second-order valence-electron chi connectivity index (χ2n) is 7.79. The molecule has 0 radical (unpaired) electrons. The number of nitrogens with one attached hydrogen (secondary N) is 2. The Morgan fingerprint density at radius 2 is 2.07 bits per heavy atom. The van der Waals surface area contributed by atoms with Crippen LogP contribution in [-0.2, 0) is 12.8 Å². The number of hydrogen-bond acceptors (Lipinski definition) is 3. The van der Waals surface area contributed by atoms with Crippen LogP contribution in [0, 0.1) is 13.8 Å². The third-order valence-electron chi connectivity index (χ3n) is 5.80. The molecular weight excluding hydrogens is 360 g/mol. The van der Waals surface area contributed by atoms with Gasteiger partial charge in [0.15, 0.2) is 5.69 Å². The van der Waals surface area contributed by atoms with Crippen molar-refractivity contribution in [2.24, 2.45) is 0 Å². The Kier molecular flexibility index (Phi) is 5.92. The lowest BCUT2D eigenvalue weighted by atomic mass is 9.99. The first-order valence-electron chi connectivity index (χ1n) is 9.77. The topological polar surface area (TPSA) is 59.0 Å². The molecule has 2 atom stereocenters. The van der Waals surface area contributed by atoms with Crippen LogP contribution in [0.2, 0.25) is 0 Å². The van der Waals surface area contributed by atoms with Crippen molar-refractivity contribution in [1.29, 1.82) is 0 Å². The van der Waals surface area contributed by atoms with Crippen LogP contribution in [0.25, 0.3) is 5.69 Å². The van der Waals surface area contributed by atoms with Crippen molar-refractivity contribution in [2.75, 3.05) is 6.54 Å². The van der Waals surface area contributed by atoms with E-state index in [-0.39, 0.29) is 24.4 Å². The number of fused-ring (bicyclic) bond motifs is 1. The lowest BCUT2D eigenvalue weighted by molar-refractivity contribution is 0.0913. The zero-order valence-electron chi connectivity index (χ0n) is 16.3. The van der Waals surface area contributed by atoms with E-state index >= 15 is 0 Å². The number of amides is 1. The predicted molar refractivity (Wildman–Crippen MR) is 110 cm³/mol. The van der Waals surface area contributed by atoms with Gasteiger partial charge in [-0.3, -0.25) is 4.79 Å². The molecule has 4 rings (SSSR count). The van der Waals surface area contributed by atoms with Crippen molar-refractivity contribution < 1.29 is 4.79 Å². The molecule has 1 amide bonds. The monoisotopic (exact) mass is 388 g/mol. The van der Waals surface area contributed by atoms with Crippen molar-refractivity contribution in [3.05, 3.63) is 46.3 Å². The van der Waals surface area contributed by atoms with Gasteiger partial charge in [0, 0.05) is 23.3 Å². The van der Waals surface area contributed by atoms with E-state index in [1.54, 1.807) is 0 Å². The number of piperidine rings is 1. The van der Waals surface area contributed by atoms with Gasteiger partial charge in [0.1, 0.15) is 0 Å². The normalized spacial score (nSPS) is 21.4. The molecule has 2 aromatic rings. The van der Waals surface area contributed by atoms with Gasteiger partial charge in [0.05, 0.1) is 5.69 Å². The summed E-state index contributed by atoms with van der Waals surface area (Å²) in [7, 11) is 0. The van der Waals surface area contributed by atoms with Crippen molar-refractivity contribution in [3.8, 4) is 5.69 Å². The number of nitrogens with zero attached hydrogens (tertiary/aromatic N) is 2. The van der Waals surface area contributed by atoms with E-state index in [1.807, 2.05) is 4.68 Å². The van der Waals surface area contributed by atoms with E-state index in [0.29, 0.717) is 11.7 Å². The molecule has 1 aliphatic carbocycles. The SMILES string of the molecule is Cc1ccc(-n2nc(C(=O)NC3CCCNC3C)c3c2CCC3)c(C)c1.Cl. The molecule has 0 spiro atoms. The van der Waals surface area contributed by atoms with Gasteiger partial charge in [0.25, 0.3) is 5.91 Å². The Morgan fingerprint density at radius 1 is 1.26 bits per heavy atom. The van der Waals surface area contributed by atoms with Crippen LogP contribution in [0.5, 0.6) is 0 Å². The van der Waals surface area contributed by atoms with E-state index in [1.165, 1.54) is 16.8 Å². The van der Waals surface area contributed by atoms with Crippen molar-refractivity contribution >= 4 is 18.3 Å². The first-order valence-corrected chi connectivity index (χ1v) is 9.77. The number of carbonyl (C=O) groups excluding carboxylic acids is 1. The minimum atomic E-state index is -0.0211. The van der Waals surface area contributed by atoms with Crippen LogP contribution in [0.1, 0.15) is 59.1 Å². The van der Waals surface area contributed by atoms with Crippen molar-refractivity contribution in [3.63, 3.8) is 0 Å². The summed E-state index contributed by atoms with van der Waals surface area (Å²) in [6.07, 6.45) is 5.16. The van der Waals surface area contributed by atoms with E-state index in [2.05, 4.69) is 49.6 Å². The Hall–Kier alpha value is -1.85. The van der Waals surface area contributed by atoms with Gasteiger partial charge >= 0.3 is 0 Å². The van der Waals surface area contributed by atoms with Crippen LogP contribution >= 0.6 is 12.4 Å². The Bertz CT molecular complexity index is 845. The lowest BCUT2D eigenvalue weighted by Crippen LogP contribution is -2.52. The van der Waals surface area contributed by atoms with E-state index in [0.717, 1.165) is 49.9 Å². The Balaban J connectivity index is 0.00000210. The number of rotatable bonds is 3. The molecule has 146 valence electrons. The summed E-state index contributed by atoms with van der Waals surface area (Å²) in [6.45, 7) is 7.39. The average molecular weight is 389 g/mol. The fourth-order valence-electron chi connectivity index (χ4n) is 4.34. The Morgan fingerprint density at radius 3 is 2.81 bits per heavy atom. The van der Waals surface area contributed by atoms with Crippen LogP contribution in [0.4, 0.5) is 0 Å². The van der Waals surface area contributed by atoms with Crippen LogP contribution in [0.15, 0.2) is 18.2 Å². The maximum absolute atomic E-state index is 13.0. The van der Waals surface area contributed by atoms with Crippen LogP contribution in [-0.4, -0.2) is 34.3 Å². The summed E-state index contributed by atoms with van der Waals surface area (Å²) in [5.74, 6) is -0.0211. The summed E-state index contributed by atoms with van der Waals surface area (Å²) in [4.78, 5) is 13.0. The molecule has 2 heterocycles. The zero-order valence-corrected chi connectivity index (χ0v) is 17.2. The first-order chi connectivity index (χ1) is 12.5. The van der Waals surface area contributed by atoms with Crippen LogP contribution < -0.4 is 10.6 Å². The molecular formula is C21H29ClN4O. The fourth-order valence-corrected chi connectivity index (χ4v) is 4.34. The predicted octanol–water partition coefficient (Wildman–Crippen LogP) is 3.27. The number of aryl methyl sites for hydroxylation is 2. The summed E-state index contributed by atoms with van der Waals surface area (Å²) >= 11 is 0. The van der Waals surface area contributed by atoms with Crippen LogP contribution in [0.3, 0.4) is 0 Å². The number of halogens is 1. The fraction of sp³-hybridized carbons (Fsp3) is 0.524. The zero-order chi connectivity index (χ0) is 18.3. The molecule has 1 saturated heterocycles. The second kappa shape index (κ2) is 8.03. The van der Waals surface area contributed by atoms with E-state index < -0.39 is 0 Å². The molecule has 2 aliphatic rings. The highest BCUT2D eigenvalue weighted by Gasteiger charge is 2.30. The van der Waals surface area contributed by atoms with Gasteiger partial charge in [-0.15, -0.1) is 12.4 Å². The lowest BCUT2D eigenvalue weighted by Gasteiger charge is -2.30. The highest BCUT2D eigenvalue weighted by Crippen LogP contribution is 2.29. The van der Waals surface area contributed by atoms with E-state index in [9.17, 15) is 4.79 Å². The molecule has 27 heavy (non-hydrogen) atoms. The highest BCUT2D eigenvalue weighted by atomic mass is 35.5. The maximum Gasteiger partial charge on any atom is 0.272 e. The molecule has 1 fully saturated rings. The van der Waals surface area contributed by atoms with Crippen molar-refractivity contribution in [1.82, 2.24) is 20.4 Å². The standard InChI is InChI=1S/C21H28N4O.ClH/c1-13-9-10-18(14(2)12-13)25-19-8-4-6-16(19)20(24-25)21(26)23-17-7-5-11-22-15(17)3;/h9-10,12,15,17,22H,4-8,11H2,1-3H3,(H,23,26);1H. The van der Waals surface area contributed by atoms with Crippen molar-refractivity contribution in [2.45, 2.75) is 65.0 Å². The van der Waals surface area contributed by atoms with Gasteiger partial charge in [-0.1, -0.05) is 17.7 Å². The highest BCUT2D eigenvalue weighted by molar-refractivity contribution is 5.94. The smallest absolute Gasteiger partial charge is 0.272 e. The van der Waals surface area contributed by atoms with Gasteiger partial charge in [-0.25, -0.2) is 4.68 Å². The third-order valence-corrected chi connectivity index (χ3v) is 5.80. The molecule has 2 N–H and O–H groups in total. The molecule has 1 aliphatic heterocycles. The molecule has 0 bridgehead atoms. The molecule has 6 heteroatoms. The number of hydrogen-bond donors (Lipinski definition) is 2. The molecule has 1 aromatic heterocycles. The second-order valence-corrected chi connectivity index (χ2v) is 7.79. The number of benzene rings is 1. The van der Waals surface area contributed by atoms with Gasteiger partial charge in [-0.05, 0) is 71.0 Å². The van der Waals surface area contributed by atoms with Gasteiger partial charge in [-0.2, -0.15) is 5.10 Å². The minimum Gasteiger partial charge on any atom is -0.346 e. The van der Waals surface area contributed by atoms with Gasteiger partial charge < -0.3 is 10.6 Å². The number of aromatic nitrogens is 2. The minimum absolute atomic E-state index is 0. The third kappa shape index (κ3) is 3.76. The number of carbonyl (C=O) groups is 1. The summed E-state index contributed by atoms with van der Waals surface area (Å²) in [5.41, 5.74) is 6.48. The molecule has 1 aromatic carbocycles. The maximum atomic E-state index is 13.0. The Labute approximate surface area is 167 Å². The van der Waals surface area contributed by atoms with E-state index in [4.69, 9.17) is 5.10 Å². The summed E-state index contributed by atoms with van der Waals surface area (Å²) in [5, 5.41) is 11.4. The summed E-state index contributed by atoms with van der Waals surface area (Å²) in [6, 6.07) is 6.89.